The zero-order valence-electron chi connectivity index (χ0n) is 9.11. The molecule has 3 nitrogen and oxygen atoms in total. The minimum Gasteiger partial charge on any atom is -0.466 e. The van der Waals surface area contributed by atoms with Crippen molar-refractivity contribution in [3.05, 3.63) is 24.2 Å². The third-order valence-corrected chi connectivity index (χ3v) is 3.03. The van der Waals surface area contributed by atoms with Gasteiger partial charge in [-0.2, -0.15) is 0 Å². The molecule has 1 aromatic heterocycles. The van der Waals surface area contributed by atoms with Gasteiger partial charge in [-0.15, -0.1) is 0 Å². The molecule has 2 heterocycles. The van der Waals surface area contributed by atoms with Crippen molar-refractivity contribution in [2.24, 2.45) is 0 Å². The van der Waals surface area contributed by atoms with E-state index < -0.39 is 5.60 Å². The monoisotopic (exact) mass is 210 g/mol. The maximum atomic E-state index is 10.5. The van der Waals surface area contributed by atoms with E-state index in [0.29, 0.717) is 25.2 Å². The molecule has 1 fully saturated rings. The highest BCUT2D eigenvalue weighted by Crippen LogP contribution is 2.35. The second-order valence-electron chi connectivity index (χ2n) is 4.24. The van der Waals surface area contributed by atoms with E-state index in [9.17, 15) is 5.11 Å². The van der Waals surface area contributed by atoms with Crippen LogP contribution in [0.2, 0.25) is 0 Å². The summed E-state index contributed by atoms with van der Waals surface area (Å²) in [6.07, 6.45) is 5.13. The molecule has 0 saturated carbocycles. The molecule has 1 aliphatic rings. The number of hydrogen-bond donors (Lipinski definition) is 1. The largest absolute Gasteiger partial charge is 0.466 e. The zero-order valence-corrected chi connectivity index (χ0v) is 9.11. The standard InChI is InChI=1S/C12H18O3/c1-2-4-10-9-12(13,6-8-14-10)11-5-3-7-15-11/h3,5,7,10,13H,2,4,6,8-9H2,1H3. The van der Waals surface area contributed by atoms with E-state index >= 15 is 0 Å². The minimum absolute atomic E-state index is 0.166. The van der Waals surface area contributed by atoms with Crippen LogP contribution in [-0.2, 0) is 10.3 Å². The average molecular weight is 210 g/mol. The lowest BCUT2D eigenvalue weighted by molar-refractivity contribution is -0.119. The van der Waals surface area contributed by atoms with Crippen LogP contribution in [0.5, 0.6) is 0 Å². The highest BCUT2D eigenvalue weighted by Gasteiger charge is 2.38. The summed E-state index contributed by atoms with van der Waals surface area (Å²) in [6.45, 7) is 2.74. The van der Waals surface area contributed by atoms with E-state index in [0.717, 1.165) is 12.8 Å². The first-order valence-electron chi connectivity index (χ1n) is 5.62. The summed E-state index contributed by atoms with van der Waals surface area (Å²) in [5.74, 6) is 0.673. The first-order valence-corrected chi connectivity index (χ1v) is 5.62. The SMILES string of the molecule is CCCC1CC(O)(c2ccco2)CCO1. The van der Waals surface area contributed by atoms with E-state index in [2.05, 4.69) is 6.92 Å². The summed E-state index contributed by atoms with van der Waals surface area (Å²) in [5.41, 5.74) is -0.818. The van der Waals surface area contributed by atoms with Crippen LogP contribution in [0.3, 0.4) is 0 Å². The number of ether oxygens (including phenoxy) is 1. The molecule has 1 aliphatic heterocycles. The molecule has 1 saturated heterocycles. The van der Waals surface area contributed by atoms with Crippen LogP contribution in [0.25, 0.3) is 0 Å². The Kier molecular flexibility index (Phi) is 3.12. The predicted molar refractivity (Wildman–Crippen MR) is 56.5 cm³/mol. The van der Waals surface area contributed by atoms with Crippen LogP contribution in [0.1, 0.15) is 38.4 Å². The van der Waals surface area contributed by atoms with Crippen LogP contribution < -0.4 is 0 Å². The molecule has 0 radical (unpaired) electrons. The van der Waals surface area contributed by atoms with Crippen LogP contribution in [0, 0.1) is 0 Å². The lowest BCUT2D eigenvalue weighted by Crippen LogP contribution is -2.38. The van der Waals surface area contributed by atoms with Gasteiger partial charge in [-0.05, 0) is 18.6 Å². The van der Waals surface area contributed by atoms with Crippen molar-refractivity contribution in [1.82, 2.24) is 0 Å². The van der Waals surface area contributed by atoms with E-state index in [1.54, 1.807) is 6.26 Å². The van der Waals surface area contributed by atoms with Crippen molar-refractivity contribution in [3.8, 4) is 0 Å². The van der Waals surface area contributed by atoms with Crippen LogP contribution in [0.4, 0.5) is 0 Å². The van der Waals surface area contributed by atoms with E-state index in [1.165, 1.54) is 0 Å². The molecule has 2 atom stereocenters. The molecule has 0 bridgehead atoms. The Balaban J connectivity index is 2.08. The Bertz CT molecular complexity index is 292. The average Bonchev–Trinajstić information content (AvgIpc) is 2.71. The Morgan fingerprint density at radius 3 is 3.13 bits per heavy atom. The van der Waals surface area contributed by atoms with Crippen LogP contribution in [-0.4, -0.2) is 17.8 Å². The molecule has 0 amide bonds. The first kappa shape index (κ1) is 10.7. The van der Waals surface area contributed by atoms with Crippen LogP contribution in [0.15, 0.2) is 22.8 Å². The second-order valence-corrected chi connectivity index (χ2v) is 4.24. The summed E-state index contributed by atoms with van der Waals surface area (Å²) in [5, 5.41) is 10.5. The van der Waals surface area contributed by atoms with Gasteiger partial charge in [0, 0.05) is 12.8 Å². The van der Waals surface area contributed by atoms with Crippen molar-refractivity contribution < 1.29 is 14.3 Å². The fourth-order valence-corrected chi connectivity index (χ4v) is 2.21. The summed E-state index contributed by atoms with van der Waals surface area (Å²) in [4.78, 5) is 0. The fourth-order valence-electron chi connectivity index (χ4n) is 2.21. The molecular weight excluding hydrogens is 192 g/mol. The van der Waals surface area contributed by atoms with Gasteiger partial charge in [0.05, 0.1) is 19.0 Å². The zero-order chi connectivity index (χ0) is 10.7. The van der Waals surface area contributed by atoms with E-state index in [4.69, 9.17) is 9.15 Å². The normalized spacial score (nSPS) is 31.7. The molecule has 2 rings (SSSR count). The van der Waals surface area contributed by atoms with Crippen molar-refractivity contribution in [1.29, 1.82) is 0 Å². The number of aliphatic hydroxyl groups is 1. The molecule has 84 valence electrons. The van der Waals surface area contributed by atoms with Gasteiger partial charge in [-0.1, -0.05) is 13.3 Å². The van der Waals surface area contributed by atoms with Crippen molar-refractivity contribution in [2.75, 3.05) is 6.61 Å². The molecular formula is C12H18O3. The molecule has 0 spiro atoms. The third-order valence-electron chi connectivity index (χ3n) is 3.03. The van der Waals surface area contributed by atoms with E-state index in [-0.39, 0.29) is 6.10 Å². The van der Waals surface area contributed by atoms with Gasteiger partial charge in [0.1, 0.15) is 11.4 Å². The predicted octanol–water partition coefficient (Wildman–Crippen LogP) is 2.45. The molecule has 3 heteroatoms. The fraction of sp³-hybridized carbons (Fsp3) is 0.667. The van der Waals surface area contributed by atoms with Gasteiger partial charge >= 0.3 is 0 Å². The van der Waals surface area contributed by atoms with Gasteiger partial charge < -0.3 is 14.3 Å². The Labute approximate surface area is 90.0 Å². The molecule has 0 aromatic carbocycles. The quantitative estimate of drug-likeness (QED) is 0.833. The number of rotatable bonds is 3. The van der Waals surface area contributed by atoms with Gasteiger partial charge in [0.2, 0.25) is 0 Å². The summed E-state index contributed by atoms with van der Waals surface area (Å²) in [7, 11) is 0. The smallest absolute Gasteiger partial charge is 0.135 e. The van der Waals surface area contributed by atoms with E-state index in [1.807, 2.05) is 12.1 Å². The molecule has 1 N–H and O–H groups in total. The maximum absolute atomic E-state index is 10.5. The molecule has 1 aromatic rings. The second kappa shape index (κ2) is 4.37. The topological polar surface area (TPSA) is 42.6 Å². The van der Waals surface area contributed by atoms with Gasteiger partial charge in [-0.3, -0.25) is 0 Å². The highest BCUT2D eigenvalue weighted by molar-refractivity contribution is 5.10. The number of furan rings is 1. The van der Waals surface area contributed by atoms with Gasteiger partial charge in [0.15, 0.2) is 0 Å². The molecule has 2 unspecified atom stereocenters. The maximum Gasteiger partial charge on any atom is 0.135 e. The van der Waals surface area contributed by atoms with Crippen LogP contribution >= 0.6 is 0 Å². The molecule has 0 aliphatic carbocycles. The van der Waals surface area contributed by atoms with Crippen molar-refractivity contribution in [2.45, 2.75) is 44.3 Å². The summed E-state index contributed by atoms with van der Waals surface area (Å²) < 4.78 is 10.9. The lowest BCUT2D eigenvalue weighted by Gasteiger charge is -2.35. The summed E-state index contributed by atoms with van der Waals surface area (Å²) in [6, 6.07) is 3.66. The van der Waals surface area contributed by atoms with Crippen molar-refractivity contribution >= 4 is 0 Å². The summed E-state index contributed by atoms with van der Waals surface area (Å²) >= 11 is 0. The molecule has 15 heavy (non-hydrogen) atoms. The Morgan fingerprint density at radius 2 is 2.47 bits per heavy atom. The van der Waals surface area contributed by atoms with Crippen molar-refractivity contribution in [3.63, 3.8) is 0 Å². The number of hydrogen-bond acceptors (Lipinski definition) is 3. The third kappa shape index (κ3) is 2.24. The van der Waals surface area contributed by atoms with Gasteiger partial charge in [-0.25, -0.2) is 0 Å². The Morgan fingerprint density at radius 1 is 1.60 bits per heavy atom. The van der Waals surface area contributed by atoms with Gasteiger partial charge in [0.25, 0.3) is 0 Å². The lowest BCUT2D eigenvalue weighted by atomic mass is 9.87. The first-order chi connectivity index (χ1) is 7.24. The Hall–Kier alpha value is -0.800. The minimum atomic E-state index is -0.818. The highest BCUT2D eigenvalue weighted by atomic mass is 16.5.